The molecule has 0 aliphatic carbocycles. The Morgan fingerprint density at radius 1 is 1.19 bits per heavy atom. The van der Waals surface area contributed by atoms with Crippen molar-refractivity contribution in [3.8, 4) is 0 Å². The van der Waals surface area contributed by atoms with E-state index < -0.39 is 0 Å². The normalized spacial score (nSPS) is 10.4. The maximum atomic E-state index is 12.7. The van der Waals surface area contributed by atoms with Crippen molar-refractivity contribution in [1.29, 1.82) is 0 Å². The minimum Gasteiger partial charge on any atom is -0.399 e. The zero-order valence-electron chi connectivity index (χ0n) is 12.3. The van der Waals surface area contributed by atoms with Crippen LogP contribution in [0.15, 0.2) is 42.5 Å². The third kappa shape index (κ3) is 3.75. The minimum atomic E-state index is 0.0717. The maximum absolute atomic E-state index is 12.7. The Bertz CT molecular complexity index is 638. The minimum absolute atomic E-state index is 0.0717. The molecule has 0 bridgehead atoms. The van der Waals surface area contributed by atoms with Gasteiger partial charge in [0, 0.05) is 22.3 Å². The van der Waals surface area contributed by atoms with Gasteiger partial charge in [0.25, 0.3) is 5.91 Å². The molecule has 0 heterocycles. The summed E-state index contributed by atoms with van der Waals surface area (Å²) in [7, 11) is 0. The summed E-state index contributed by atoms with van der Waals surface area (Å²) in [6.45, 7) is 5.29. The van der Waals surface area contributed by atoms with E-state index in [1.165, 1.54) is 0 Å². The summed E-state index contributed by atoms with van der Waals surface area (Å²) < 4.78 is 1.02. The SMILES string of the molecule is CCN(Cc1ccc(N)cc1)C(=O)c1cccc(C)c1I. The first kappa shape index (κ1) is 15.8. The van der Waals surface area contributed by atoms with Crippen LogP contribution in [0, 0.1) is 10.5 Å². The van der Waals surface area contributed by atoms with Gasteiger partial charge in [0.2, 0.25) is 0 Å². The fourth-order valence-corrected chi connectivity index (χ4v) is 2.74. The van der Waals surface area contributed by atoms with Gasteiger partial charge in [-0.1, -0.05) is 24.3 Å². The summed E-state index contributed by atoms with van der Waals surface area (Å²) in [5.41, 5.74) is 9.42. The van der Waals surface area contributed by atoms with Gasteiger partial charge in [0.1, 0.15) is 0 Å². The molecule has 0 fully saturated rings. The summed E-state index contributed by atoms with van der Waals surface area (Å²) in [6, 6.07) is 13.5. The van der Waals surface area contributed by atoms with E-state index in [-0.39, 0.29) is 5.91 Å². The molecule has 0 radical (unpaired) electrons. The quantitative estimate of drug-likeness (QED) is 0.633. The fraction of sp³-hybridized carbons (Fsp3) is 0.235. The van der Waals surface area contributed by atoms with Crippen LogP contribution in [0.25, 0.3) is 0 Å². The van der Waals surface area contributed by atoms with Crippen LogP contribution in [0.1, 0.15) is 28.4 Å². The lowest BCUT2D eigenvalue weighted by molar-refractivity contribution is 0.0751. The second kappa shape index (κ2) is 6.93. The van der Waals surface area contributed by atoms with Crippen molar-refractivity contribution in [2.45, 2.75) is 20.4 Å². The van der Waals surface area contributed by atoms with Crippen molar-refractivity contribution in [3.05, 3.63) is 62.7 Å². The van der Waals surface area contributed by atoms with E-state index in [9.17, 15) is 4.79 Å². The highest BCUT2D eigenvalue weighted by atomic mass is 127. The number of aryl methyl sites for hydroxylation is 1. The first-order valence-corrected chi connectivity index (χ1v) is 7.99. The maximum Gasteiger partial charge on any atom is 0.255 e. The van der Waals surface area contributed by atoms with Crippen molar-refractivity contribution in [3.63, 3.8) is 0 Å². The molecule has 21 heavy (non-hydrogen) atoms. The van der Waals surface area contributed by atoms with Gasteiger partial charge >= 0.3 is 0 Å². The Morgan fingerprint density at radius 3 is 2.48 bits per heavy atom. The average Bonchev–Trinajstić information content (AvgIpc) is 2.49. The lowest BCUT2D eigenvalue weighted by Crippen LogP contribution is -2.31. The number of rotatable bonds is 4. The van der Waals surface area contributed by atoms with Gasteiger partial charge in [0.05, 0.1) is 5.56 Å². The van der Waals surface area contributed by atoms with E-state index >= 15 is 0 Å². The number of hydrogen-bond acceptors (Lipinski definition) is 2. The van der Waals surface area contributed by atoms with Crippen LogP contribution in [-0.2, 0) is 6.54 Å². The van der Waals surface area contributed by atoms with Crippen molar-refractivity contribution in [1.82, 2.24) is 4.90 Å². The monoisotopic (exact) mass is 394 g/mol. The second-order valence-electron chi connectivity index (χ2n) is 5.00. The lowest BCUT2D eigenvalue weighted by atomic mass is 10.1. The number of nitrogens with zero attached hydrogens (tertiary/aromatic N) is 1. The van der Waals surface area contributed by atoms with Crippen molar-refractivity contribution in [2.75, 3.05) is 12.3 Å². The topological polar surface area (TPSA) is 46.3 Å². The predicted octanol–water partition coefficient (Wildman–Crippen LogP) is 3.84. The van der Waals surface area contributed by atoms with Crippen molar-refractivity contribution < 1.29 is 4.79 Å². The van der Waals surface area contributed by atoms with Crippen molar-refractivity contribution >= 4 is 34.2 Å². The van der Waals surface area contributed by atoms with Crippen LogP contribution in [0.3, 0.4) is 0 Å². The summed E-state index contributed by atoms with van der Waals surface area (Å²) >= 11 is 2.24. The molecule has 2 N–H and O–H groups in total. The number of carbonyl (C=O) groups is 1. The third-order valence-electron chi connectivity index (χ3n) is 3.44. The summed E-state index contributed by atoms with van der Waals surface area (Å²) in [6.07, 6.45) is 0. The molecule has 4 heteroatoms. The van der Waals surface area contributed by atoms with E-state index in [1.807, 2.05) is 61.2 Å². The highest BCUT2D eigenvalue weighted by Gasteiger charge is 2.17. The van der Waals surface area contributed by atoms with Crippen LogP contribution >= 0.6 is 22.6 Å². The van der Waals surface area contributed by atoms with Gasteiger partial charge in [0.15, 0.2) is 0 Å². The molecule has 1 amide bonds. The zero-order valence-corrected chi connectivity index (χ0v) is 14.4. The Balaban J connectivity index is 2.22. The number of amides is 1. The fourth-order valence-electron chi connectivity index (χ4n) is 2.15. The summed E-state index contributed by atoms with van der Waals surface area (Å²) in [5.74, 6) is 0.0717. The Morgan fingerprint density at radius 2 is 1.86 bits per heavy atom. The highest BCUT2D eigenvalue weighted by Crippen LogP contribution is 2.19. The molecule has 0 aliphatic rings. The molecule has 0 aromatic heterocycles. The molecule has 0 atom stereocenters. The number of halogens is 1. The Kier molecular flexibility index (Phi) is 5.22. The average molecular weight is 394 g/mol. The number of nitrogen functional groups attached to an aromatic ring is 1. The molecular formula is C17H19IN2O. The highest BCUT2D eigenvalue weighted by molar-refractivity contribution is 14.1. The van der Waals surface area contributed by atoms with Gasteiger partial charge in [-0.25, -0.2) is 0 Å². The number of nitrogens with two attached hydrogens (primary N) is 1. The first-order valence-electron chi connectivity index (χ1n) is 6.91. The smallest absolute Gasteiger partial charge is 0.255 e. The van der Waals surface area contributed by atoms with Crippen LogP contribution in [0.5, 0.6) is 0 Å². The molecule has 0 aliphatic heterocycles. The Hall–Kier alpha value is -1.56. The molecule has 2 aromatic rings. The molecule has 3 nitrogen and oxygen atoms in total. The number of hydrogen-bond donors (Lipinski definition) is 1. The van der Waals surface area contributed by atoms with E-state index in [4.69, 9.17) is 5.73 Å². The van der Waals surface area contributed by atoms with Crippen LogP contribution in [0.2, 0.25) is 0 Å². The second-order valence-corrected chi connectivity index (χ2v) is 6.08. The molecule has 2 aromatic carbocycles. The van der Waals surface area contributed by atoms with Gasteiger partial charge < -0.3 is 10.6 Å². The first-order chi connectivity index (χ1) is 10.0. The molecule has 0 saturated heterocycles. The number of anilines is 1. The van der Waals surface area contributed by atoms with Crippen molar-refractivity contribution in [2.24, 2.45) is 0 Å². The number of carbonyl (C=O) groups excluding carboxylic acids is 1. The molecule has 110 valence electrons. The van der Waals surface area contributed by atoms with E-state index in [1.54, 1.807) is 0 Å². The standard InChI is InChI=1S/C17H19IN2O/c1-3-20(11-13-7-9-14(19)10-8-13)17(21)15-6-4-5-12(2)16(15)18/h4-10H,3,11,19H2,1-2H3. The van der Waals surface area contributed by atoms with Crippen LogP contribution < -0.4 is 5.73 Å². The van der Waals surface area contributed by atoms with Crippen LogP contribution in [0.4, 0.5) is 5.69 Å². The van der Waals surface area contributed by atoms with E-state index in [0.29, 0.717) is 13.1 Å². The largest absolute Gasteiger partial charge is 0.399 e. The lowest BCUT2D eigenvalue weighted by Gasteiger charge is -2.22. The van der Waals surface area contributed by atoms with Crippen LogP contribution in [-0.4, -0.2) is 17.4 Å². The summed E-state index contributed by atoms with van der Waals surface area (Å²) in [4.78, 5) is 14.6. The zero-order chi connectivity index (χ0) is 15.4. The molecule has 0 saturated carbocycles. The van der Waals surface area contributed by atoms with E-state index in [2.05, 4.69) is 22.6 Å². The van der Waals surface area contributed by atoms with Gasteiger partial charge in [-0.05, 0) is 65.8 Å². The predicted molar refractivity (Wildman–Crippen MR) is 95.2 cm³/mol. The molecule has 2 rings (SSSR count). The molecular weight excluding hydrogens is 375 g/mol. The molecule has 0 unspecified atom stereocenters. The third-order valence-corrected chi connectivity index (χ3v) is 4.88. The number of benzene rings is 2. The summed E-state index contributed by atoms with van der Waals surface area (Å²) in [5, 5.41) is 0. The molecule has 0 spiro atoms. The van der Waals surface area contributed by atoms with Gasteiger partial charge in [-0.2, -0.15) is 0 Å². The van der Waals surface area contributed by atoms with E-state index in [0.717, 1.165) is 25.9 Å². The van der Waals surface area contributed by atoms with Gasteiger partial charge in [-0.15, -0.1) is 0 Å². The van der Waals surface area contributed by atoms with Gasteiger partial charge in [-0.3, -0.25) is 4.79 Å². The Labute approximate surface area is 139 Å².